The predicted octanol–water partition coefficient (Wildman–Crippen LogP) is 4.70. The summed E-state index contributed by atoms with van der Waals surface area (Å²) in [6, 6.07) is 14.3. The first-order chi connectivity index (χ1) is 9.78. The van der Waals surface area contributed by atoms with Gasteiger partial charge in [0.15, 0.2) is 0 Å². The van der Waals surface area contributed by atoms with Gasteiger partial charge in [0.2, 0.25) is 0 Å². The van der Waals surface area contributed by atoms with E-state index >= 15 is 0 Å². The summed E-state index contributed by atoms with van der Waals surface area (Å²) in [6.45, 7) is 1.11. The van der Waals surface area contributed by atoms with Crippen LogP contribution in [0.5, 0.6) is 5.75 Å². The van der Waals surface area contributed by atoms with Crippen molar-refractivity contribution in [2.75, 3.05) is 0 Å². The maximum atomic E-state index is 5.91. The molecule has 0 aliphatic rings. The first kappa shape index (κ1) is 13.6. The minimum Gasteiger partial charge on any atom is -0.488 e. The van der Waals surface area contributed by atoms with Crippen molar-refractivity contribution in [1.29, 1.82) is 0 Å². The number of hydrogen-bond acceptors (Lipinski definition) is 3. The molecule has 1 heterocycles. The third-order valence-electron chi connectivity index (χ3n) is 3.18. The molecule has 0 saturated carbocycles. The molecule has 0 unspecified atom stereocenters. The minimum atomic E-state index is 0.536. The fourth-order valence-electron chi connectivity index (χ4n) is 2.09. The molecule has 1 aromatic heterocycles. The van der Waals surface area contributed by atoms with Gasteiger partial charge in [0.05, 0.1) is 4.47 Å². The van der Waals surface area contributed by atoms with Gasteiger partial charge < -0.3 is 10.5 Å². The Kier molecular flexibility index (Phi) is 4.05. The average Bonchev–Trinajstić information content (AvgIpc) is 2.89. The van der Waals surface area contributed by atoms with E-state index in [1.165, 1.54) is 15.6 Å². The van der Waals surface area contributed by atoms with Crippen LogP contribution in [-0.4, -0.2) is 0 Å². The van der Waals surface area contributed by atoms with Crippen LogP contribution in [0.25, 0.3) is 10.1 Å². The molecule has 0 aliphatic heterocycles. The number of thiophene rings is 1. The summed E-state index contributed by atoms with van der Waals surface area (Å²) < 4.78 is 8.15. The monoisotopic (exact) mass is 347 g/mol. The summed E-state index contributed by atoms with van der Waals surface area (Å²) in [5.41, 5.74) is 7.93. The van der Waals surface area contributed by atoms with E-state index in [0.29, 0.717) is 13.2 Å². The van der Waals surface area contributed by atoms with Crippen LogP contribution in [0.2, 0.25) is 0 Å². The second kappa shape index (κ2) is 5.95. The molecule has 0 radical (unpaired) electrons. The number of fused-ring (bicyclic) bond motifs is 1. The number of hydrogen-bond donors (Lipinski definition) is 1. The van der Waals surface area contributed by atoms with Crippen molar-refractivity contribution in [2.24, 2.45) is 5.73 Å². The van der Waals surface area contributed by atoms with E-state index in [1.807, 2.05) is 18.2 Å². The van der Waals surface area contributed by atoms with Crippen LogP contribution in [0.3, 0.4) is 0 Å². The minimum absolute atomic E-state index is 0.536. The van der Waals surface area contributed by atoms with Gasteiger partial charge in [0.25, 0.3) is 0 Å². The van der Waals surface area contributed by atoms with Gasteiger partial charge in [-0.3, -0.25) is 0 Å². The molecule has 0 atom stereocenters. The Morgan fingerprint density at radius 3 is 2.80 bits per heavy atom. The largest absolute Gasteiger partial charge is 0.488 e. The molecule has 3 rings (SSSR count). The fourth-order valence-corrected chi connectivity index (χ4v) is 3.58. The Balaban J connectivity index is 1.79. The van der Waals surface area contributed by atoms with Crippen LogP contribution >= 0.6 is 27.3 Å². The van der Waals surface area contributed by atoms with Gasteiger partial charge in [-0.15, -0.1) is 11.3 Å². The second-order valence-corrected chi connectivity index (χ2v) is 6.28. The Bertz CT molecular complexity index is 738. The predicted molar refractivity (Wildman–Crippen MR) is 88.2 cm³/mol. The lowest BCUT2D eigenvalue weighted by molar-refractivity contribution is 0.306. The van der Waals surface area contributed by atoms with Gasteiger partial charge in [0.1, 0.15) is 12.4 Å². The average molecular weight is 348 g/mol. The number of benzene rings is 2. The molecule has 2 aromatic carbocycles. The van der Waals surface area contributed by atoms with Crippen molar-refractivity contribution in [2.45, 2.75) is 13.2 Å². The van der Waals surface area contributed by atoms with Crippen LogP contribution in [0.1, 0.15) is 11.1 Å². The van der Waals surface area contributed by atoms with Crippen LogP contribution in [0.4, 0.5) is 0 Å². The van der Waals surface area contributed by atoms with Crippen LogP contribution in [-0.2, 0) is 13.2 Å². The van der Waals surface area contributed by atoms with Crippen LogP contribution < -0.4 is 10.5 Å². The first-order valence-corrected chi connectivity index (χ1v) is 8.01. The fraction of sp³-hybridized carbons (Fsp3) is 0.125. The highest BCUT2D eigenvalue weighted by Crippen LogP contribution is 2.30. The Labute approximate surface area is 130 Å². The third kappa shape index (κ3) is 2.73. The Hall–Kier alpha value is -1.36. The highest BCUT2D eigenvalue weighted by Gasteiger charge is 2.06. The second-order valence-electron chi connectivity index (χ2n) is 4.51. The zero-order valence-electron chi connectivity index (χ0n) is 10.8. The molecule has 2 nitrogen and oxygen atoms in total. The third-order valence-corrected chi connectivity index (χ3v) is 4.81. The number of ether oxygens (including phenoxy) is 1. The summed E-state index contributed by atoms with van der Waals surface area (Å²) in [5, 5.41) is 3.43. The zero-order chi connectivity index (χ0) is 13.9. The molecule has 0 aliphatic carbocycles. The van der Waals surface area contributed by atoms with E-state index in [9.17, 15) is 0 Å². The van der Waals surface area contributed by atoms with Crippen molar-refractivity contribution < 1.29 is 4.74 Å². The molecular formula is C16H14BrNOS. The molecule has 20 heavy (non-hydrogen) atoms. The van der Waals surface area contributed by atoms with Gasteiger partial charge in [-0.05, 0) is 50.5 Å². The van der Waals surface area contributed by atoms with Gasteiger partial charge in [-0.25, -0.2) is 0 Å². The van der Waals surface area contributed by atoms with Crippen molar-refractivity contribution in [3.8, 4) is 5.75 Å². The topological polar surface area (TPSA) is 35.2 Å². The quantitative estimate of drug-likeness (QED) is 0.742. The summed E-state index contributed by atoms with van der Waals surface area (Å²) in [4.78, 5) is 0. The maximum Gasteiger partial charge on any atom is 0.134 e. The Morgan fingerprint density at radius 1 is 1.15 bits per heavy atom. The molecular weight excluding hydrogens is 334 g/mol. The Morgan fingerprint density at radius 2 is 2.00 bits per heavy atom. The molecule has 0 spiro atoms. The highest BCUT2D eigenvalue weighted by molar-refractivity contribution is 9.10. The lowest BCUT2D eigenvalue weighted by atomic mass is 10.2. The SMILES string of the molecule is NCc1ccc(OCc2csc3ccccc23)c(Br)c1. The van der Waals surface area contributed by atoms with E-state index in [0.717, 1.165) is 15.8 Å². The van der Waals surface area contributed by atoms with Crippen molar-refractivity contribution in [3.05, 3.63) is 63.4 Å². The normalized spacial score (nSPS) is 10.9. The van der Waals surface area contributed by atoms with E-state index in [2.05, 4.69) is 45.6 Å². The lowest BCUT2D eigenvalue weighted by Crippen LogP contribution is -1.98. The summed E-state index contributed by atoms with van der Waals surface area (Å²) in [7, 11) is 0. The van der Waals surface area contributed by atoms with Crippen molar-refractivity contribution >= 4 is 37.4 Å². The molecule has 0 bridgehead atoms. The van der Waals surface area contributed by atoms with E-state index < -0.39 is 0 Å². The summed E-state index contributed by atoms with van der Waals surface area (Å²) in [5.74, 6) is 0.845. The molecule has 0 saturated heterocycles. The summed E-state index contributed by atoms with van der Waals surface area (Å²) in [6.07, 6.45) is 0. The molecule has 2 N–H and O–H groups in total. The molecule has 3 aromatic rings. The number of halogens is 1. The van der Waals surface area contributed by atoms with Crippen molar-refractivity contribution in [1.82, 2.24) is 0 Å². The molecule has 0 amide bonds. The van der Waals surface area contributed by atoms with E-state index in [1.54, 1.807) is 11.3 Å². The van der Waals surface area contributed by atoms with Gasteiger partial charge in [-0.2, -0.15) is 0 Å². The summed E-state index contributed by atoms with van der Waals surface area (Å²) >= 11 is 5.28. The van der Waals surface area contributed by atoms with Gasteiger partial charge in [-0.1, -0.05) is 24.3 Å². The van der Waals surface area contributed by atoms with Crippen LogP contribution in [0.15, 0.2) is 52.3 Å². The van der Waals surface area contributed by atoms with E-state index in [4.69, 9.17) is 10.5 Å². The lowest BCUT2D eigenvalue weighted by Gasteiger charge is -2.09. The standard InChI is InChI=1S/C16H14BrNOS/c17-14-7-11(8-18)5-6-15(14)19-9-12-10-20-16-4-2-1-3-13(12)16/h1-7,10H,8-9,18H2. The van der Waals surface area contributed by atoms with Gasteiger partial charge in [0, 0.05) is 16.8 Å². The van der Waals surface area contributed by atoms with Gasteiger partial charge >= 0.3 is 0 Å². The molecule has 4 heteroatoms. The molecule has 0 fully saturated rings. The van der Waals surface area contributed by atoms with Crippen molar-refractivity contribution in [3.63, 3.8) is 0 Å². The number of nitrogens with two attached hydrogens (primary N) is 1. The highest BCUT2D eigenvalue weighted by atomic mass is 79.9. The smallest absolute Gasteiger partial charge is 0.134 e. The maximum absolute atomic E-state index is 5.91. The number of rotatable bonds is 4. The zero-order valence-corrected chi connectivity index (χ0v) is 13.2. The van der Waals surface area contributed by atoms with Crippen LogP contribution in [0, 0.1) is 0 Å². The van der Waals surface area contributed by atoms with E-state index in [-0.39, 0.29) is 0 Å². The first-order valence-electron chi connectivity index (χ1n) is 6.34. The molecule has 102 valence electrons.